The molecule has 1 saturated heterocycles. The van der Waals surface area contributed by atoms with Crippen molar-refractivity contribution in [3.05, 3.63) is 0 Å². The van der Waals surface area contributed by atoms with Crippen LogP contribution < -0.4 is 10.6 Å². The molecule has 0 aromatic carbocycles. The quantitative estimate of drug-likeness (QED) is 0.242. The zero-order chi connectivity index (χ0) is 20.7. The van der Waals surface area contributed by atoms with Crippen LogP contribution in [0.4, 0.5) is 0 Å². The highest BCUT2D eigenvalue weighted by Crippen LogP contribution is 2.19. The van der Waals surface area contributed by atoms with Gasteiger partial charge in [0.25, 0.3) is 0 Å². The molecule has 0 aromatic heterocycles. The number of hydrogen-bond acceptors (Lipinski definition) is 5. The predicted octanol–water partition coefficient (Wildman–Crippen LogP) is 1.07. The van der Waals surface area contributed by atoms with Crippen LogP contribution in [-0.2, 0) is 14.3 Å². The number of hydrogen-bond donors (Lipinski definition) is 2. The molecule has 29 heavy (non-hydrogen) atoms. The first-order chi connectivity index (χ1) is 14.1. The van der Waals surface area contributed by atoms with Crippen LogP contribution in [0.25, 0.3) is 0 Å². The Hall–Kier alpha value is -1.38. The molecule has 1 aliphatic heterocycles. The smallest absolute Gasteiger partial charge is 0.243 e. The maximum atomic E-state index is 11.9. The lowest BCUT2D eigenvalue weighted by Crippen LogP contribution is -2.42. The number of morpholine rings is 1. The summed E-state index contributed by atoms with van der Waals surface area (Å²) in [4.78, 5) is 20.3. The number of amides is 1. The van der Waals surface area contributed by atoms with Crippen LogP contribution in [0.5, 0.6) is 0 Å². The van der Waals surface area contributed by atoms with E-state index in [2.05, 4.69) is 20.5 Å². The molecule has 8 nitrogen and oxygen atoms in total. The van der Waals surface area contributed by atoms with E-state index >= 15 is 0 Å². The second-order valence-electron chi connectivity index (χ2n) is 8.10. The summed E-state index contributed by atoms with van der Waals surface area (Å²) in [5, 5.41) is 6.67. The Labute approximate surface area is 176 Å². The second-order valence-corrected chi connectivity index (χ2v) is 8.10. The van der Waals surface area contributed by atoms with E-state index in [0.29, 0.717) is 25.2 Å². The Kier molecular flexibility index (Phi) is 12.0. The van der Waals surface area contributed by atoms with Gasteiger partial charge in [-0.05, 0) is 25.8 Å². The molecule has 1 heterocycles. The highest BCUT2D eigenvalue weighted by Gasteiger charge is 2.13. The van der Waals surface area contributed by atoms with Crippen LogP contribution in [0.1, 0.15) is 44.9 Å². The molecule has 0 aromatic rings. The Morgan fingerprint density at radius 1 is 1.10 bits per heavy atom. The van der Waals surface area contributed by atoms with Gasteiger partial charge in [-0.25, -0.2) is 4.99 Å². The summed E-state index contributed by atoms with van der Waals surface area (Å²) in [7, 11) is 3.50. The molecule has 0 spiro atoms. The van der Waals surface area contributed by atoms with E-state index in [-0.39, 0.29) is 12.5 Å². The van der Waals surface area contributed by atoms with E-state index < -0.39 is 0 Å². The normalized spacial score (nSPS) is 19.6. The first-order valence-corrected chi connectivity index (χ1v) is 11.3. The van der Waals surface area contributed by atoms with E-state index in [1.54, 1.807) is 19.0 Å². The summed E-state index contributed by atoms with van der Waals surface area (Å²) >= 11 is 0. The minimum absolute atomic E-state index is 0.00544. The number of nitrogens with zero attached hydrogens (tertiary/aromatic N) is 3. The lowest BCUT2D eigenvalue weighted by atomic mass is 10.1. The third-order valence-electron chi connectivity index (χ3n) is 5.47. The highest BCUT2D eigenvalue weighted by atomic mass is 16.5. The van der Waals surface area contributed by atoms with Crippen LogP contribution in [0.2, 0.25) is 0 Å². The number of guanidine groups is 1. The molecule has 2 aliphatic rings. The Morgan fingerprint density at radius 2 is 1.79 bits per heavy atom. The fourth-order valence-electron chi connectivity index (χ4n) is 3.60. The molecule has 0 unspecified atom stereocenters. The molecule has 2 N–H and O–H groups in total. The van der Waals surface area contributed by atoms with E-state index in [9.17, 15) is 4.79 Å². The van der Waals surface area contributed by atoms with Gasteiger partial charge in [-0.15, -0.1) is 0 Å². The molecule has 1 aliphatic carbocycles. The van der Waals surface area contributed by atoms with Crippen molar-refractivity contribution in [3.63, 3.8) is 0 Å². The van der Waals surface area contributed by atoms with Crippen molar-refractivity contribution in [2.45, 2.75) is 51.0 Å². The molecule has 1 saturated carbocycles. The van der Waals surface area contributed by atoms with Crippen molar-refractivity contribution in [3.8, 4) is 0 Å². The van der Waals surface area contributed by atoms with Crippen LogP contribution in [0, 0.1) is 0 Å². The van der Waals surface area contributed by atoms with Gasteiger partial charge in [-0.2, -0.15) is 0 Å². The first kappa shape index (κ1) is 23.9. The van der Waals surface area contributed by atoms with Gasteiger partial charge >= 0.3 is 0 Å². The summed E-state index contributed by atoms with van der Waals surface area (Å²) < 4.78 is 11.4. The number of ether oxygens (including phenoxy) is 2. The average Bonchev–Trinajstić information content (AvgIpc) is 3.01. The topological polar surface area (TPSA) is 78.4 Å². The molecule has 0 radical (unpaired) electrons. The predicted molar refractivity (Wildman–Crippen MR) is 116 cm³/mol. The van der Waals surface area contributed by atoms with Crippen molar-refractivity contribution in [1.29, 1.82) is 0 Å². The number of carbonyl (C=O) groups excluding carboxylic acids is 1. The van der Waals surface area contributed by atoms with Crippen LogP contribution in [0.15, 0.2) is 4.99 Å². The van der Waals surface area contributed by atoms with Crippen molar-refractivity contribution in [2.24, 2.45) is 4.99 Å². The summed E-state index contributed by atoms with van der Waals surface area (Å²) in [6.45, 7) is 7.06. The standard InChI is InChI=1S/C21H41N5O3/c1-25(2)20(27)18-24-21(22-10-7-12-26-13-16-28-17-14-26)23-11-15-29-19-8-5-3-4-6-9-19/h19H,3-18H2,1-2H3,(H2,22,23,24). The number of rotatable bonds is 10. The minimum Gasteiger partial charge on any atom is -0.379 e. The fourth-order valence-corrected chi connectivity index (χ4v) is 3.60. The lowest BCUT2D eigenvalue weighted by Gasteiger charge is -2.26. The van der Waals surface area contributed by atoms with E-state index in [4.69, 9.17) is 9.47 Å². The molecule has 8 heteroatoms. The summed E-state index contributed by atoms with van der Waals surface area (Å²) in [5.74, 6) is 0.681. The number of nitrogens with one attached hydrogen (secondary N) is 2. The average molecular weight is 412 g/mol. The monoisotopic (exact) mass is 411 g/mol. The Balaban J connectivity index is 1.68. The van der Waals surface area contributed by atoms with Crippen LogP contribution in [-0.4, -0.2) is 101 Å². The maximum absolute atomic E-state index is 11.9. The molecule has 0 atom stereocenters. The third-order valence-corrected chi connectivity index (χ3v) is 5.47. The van der Waals surface area contributed by atoms with Gasteiger partial charge in [0.1, 0.15) is 6.54 Å². The van der Waals surface area contributed by atoms with Gasteiger partial charge in [-0.3, -0.25) is 9.69 Å². The largest absolute Gasteiger partial charge is 0.379 e. The molecule has 1 amide bonds. The zero-order valence-electron chi connectivity index (χ0n) is 18.5. The maximum Gasteiger partial charge on any atom is 0.243 e. The number of likely N-dealkylation sites (N-methyl/N-ethyl adjacent to an activating group) is 1. The van der Waals surface area contributed by atoms with Gasteiger partial charge in [-0.1, -0.05) is 25.7 Å². The fraction of sp³-hybridized carbons (Fsp3) is 0.905. The van der Waals surface area contributed by atoms with Gasteiger partial charge < -0.3 is 25.0 Å². The van der Waals surface area contributed by atoms with E-state index in [1.165, 1.54) is 38.5 Å². The van der Waals surface area contributed by atoms with Gasteiger partial charge in [0.2, 0.25) is 5.91 Å². The van der Waals surface area contributed by atoms with E-state index in [1.807, 2.05) is 0 Å². The highest BCUT2D eigenvalue weighted by molar-refractivity contribution is 5.84. The van der Waals surface area contributed by atoms with Gasteiger partial charge in [0.15, 0.2) is 5.96 Å². The van der Waals surface area contributed by atoms with Crippen LogP contribution >= 0.6 is 0 Å². The van der Waals surface area contributed by atoms with Crippen molar-refractivity contribution < 1.29 is 14.3 Å². The molecule has 2 fully saturated rings. The second kappa shape index (κ2) is 14.6. The van der Waals surface area contributed by atoms with Crippen molar-refractivity contribution in [2.75, 3.05) is 73.2 Å². The summed E-state index contributed by atoms with van der Waals surface area (Å²) in [5.41, 5.74) is 0. The molecule has 168 valence electrons. The first-order valence-electron chi connectivity index (χ1n) is 11.3. The zero-order valence-corrected chi connectivity index (χ0v) is 18.5. The number of carbonyl (C=O) groups is 1. The Morgan fingerprint density at radius 3 is 2.48 bits per heavy atom. The SMILES string of the molecule is CN(C)C(=O)CN=C(NCCCN1CCOCC1)NCCOC1CCCCCC1. The van der Waals surface area contributed by atoms with Gasteiger partial charge in [0, 0.05) is 40.3 Å². The van der Waals surface area contributed by atoms with Gasteiger partial charge in [0.05, 0.1) is 25.9 Å². The lowest BCUT2D eigenvalue weighted by molar-refractivity contribution is -0.127. The molecular weight excluding hydrogens is 370 g/mol. The summed E-state index contributed by atoms with van der Waals surface area (Å²) in [6, 6.07) is 0. The molecule has 2 rings (SSSR count). The van der Waals surface area contributed by atoms with Crippen molar-refractivity contribution in [1.82, 2.24) is 20.4 Å². The van der Waals surface area contributed by atoms with E-state index in [0.717, 1.165) is 45.8 Å². The Bertz CT molecular complexity index is 473. The molecule has 0 bridgehead atoms. The van der Waals surface area contributed by atoms with Crippen molar-refractivity contribution >= 4 is 11.9 Å². The third kappa shape index (κ3) is 10.8. The number of aliphatic imine (C=N–C) groups is 1. The molecular formula is C21H41N5O3. The van der Waals surface area contributed by atoms with Crippen LogP contribution in [0.3, 0.4) is 0 Å². The minimum atomic E-state index is -0.00544. The summed E-state index contributed by atoms with van der Waals surface area (Å²) in [6.07, 6.45) is 9.02.